The summed E-state index contributed by atoms with van der Waals surface area (Å²) in [5, 5.41) is 3.29. The molecule has 0 unspecified atom stereocenters. The van der Waals surface area contributed by atoms with Crippen LogP contribution >= 0.6 is 0 Å². The minimum atomic E-state index is -0.0960. The molecule has 4 heteroatoms. The average molecular weight is 293 g/mol. The Hall–Kier alpha value is -2.62. The molecule has 0 bridgehead atoms. The number of benzene rings is 1. The third-order valence-corrected chi connectivity index (χ3v) is 3.57. The highest BCUT2D eigenvalue weighted by atomic mass is 16.1. The second kappa shape index (κ2) is 5.30. The second-order valence-corrected chi connectivity index (χ2v) is 6.33. The van der Waals surface area contributed by atoms with Crippen LogP contribution in [-0.4, -0.2) is 9.38 Å². The monoisotopic (exact) mass is 293 g/mol. The van der Waals surface area contributed by atoms with E-state index in [1.54, 1.807) is 6.20 Å². The maximum absolute atomic E-state index is 12.2. The van der Waals surface area contributed by atoms with E-state index < -0.39 is 0 Å². The lowest BCUT2D eigenvalue weighted by Gasteiger charge is -2.23. The Bertz CT molecular complexity index is 875. The van der Waals surface area contributed by atoms with Gasteiger partial charge in [-0.05, 0) is 29.2 Å². The van der Waals surface area contributed by atoms with Crippen molar-refractivity contribution in [2.45, 2.75) is 26.2 Å². The van der Waals surface area contributed by atoms with Crippen molar-refractivity contribution in [2.75, 3.05) is 5.32 Å². The van der Waals surface area contributed by atoms with Crippen molar-refractivity contribution in [3.05, 3.63) is 70.6 Å². The van der Waals surface area contributed by atoms with Gasteiger partial charge >= 0.3 is 0 Å². The van der Waals surface area contributed by atoms with Crippen LogP contribution in [0.15, 0.2) is 59.5 Å². The number of pyridine rings is 1. The van der Waals surface area contributed by atoms with Gasteiger partial charge in [0.2, 0.25) is 0 Å². The van der Waals surface area contributed by atoms with Gasteiger partial charge in [0.1, 0.15) is 11.5 Å². The van der Waals surface area contributed by atoms with Gasteiger partial charge in [0, 0.05) is 18.0 Å². The second-order valence-electron chi connectivity index (χ2n) is 6.33. The molecule has 0 fully saturated rings. The number of para-hydroxylation sites is 1. The Labute approximate surface area is 129 Å². The highest BCUT2D eigenvalue weighted by molar-refractivity contribution is 5.63. The Morgan fingerprint density at radius 1 is 1.05 bits per heavy atom. The van der Waals surface area contributed by atoms with Crippen LogP contribution in [-0.2, 0) is 5.41 Å². The average Bonchev–Trinajstić information content (AvgIpc) is 2.47. The zero-order valence-corrected chi connectivity index (χ0v) is 13.0. The fraction of sp³-hybridized carbons (Fsp3) is 0.222. The van der Waals surface area contributed by atoms with Gasteiger partial charge in [-0.1, -0.05) is 45.0 Å². The van der Waals surface area contributed by atoms with Gasteiger partial charge in [-0.25, -0.2) is 4.98 Å². The molecular weight excluding hydrogens is 274 g/mol. The molecule has 0 amide bonds. The first-order valence-electron chi connectivity index (χ1n) is 7.30. The Morgan fingerprint density at radius 2 is 1.77 bits per heavy atom. The number of nitrogens with one attached hydrogen (secondary N) is 1. The quantitative estimate of drug-likeness (QED) is 0.783. The van der Waals surface area contributed by atoms with Gasteiger partial charge in [-0.3, -0.25) is 9.20 Å². The van der Waals surface area contributed by atoms with Crippen molar-refractivity contribution < 1.29 is 0 Å². The smallest absolute Gasteiger partial charge is 0.259 e. The largest absolute Gasteiger partial charge is 0.340 e. The van der Waals surface area contributed by atoms with E-state index in [0.29, 0.717) is 11.5 Å². The highest BCUT2D eigenvalue weighted by Gasteiger charge is 2.17. The van der Waals surface area contributed by atoms with Crippen LogP contribution < -0.4 is 10.9 Å². The Balaban J connectivity index is 2.06. The summed E-state index contributed by atoms with van der Waals surface area (Å²) >= 11 is 0. The molecule has 22 heavy (non-hydrogen) atoms. The number of anilines is 2. The molecule has 2 aromatic heterocycles. The summed E-state index contributed by atoms with van der Waals surface area (Å²) in [5.41, 5.74) is 2.70. The molecule has 0 spiro atoms. The zero-order chi connectivity index (χ0) is 15.7. The number of hydrogen-bond donors (Lipinski definition) is 1. The van der Waals surface area contributed by atoms with Crippen molar-refractivity contribution in [2.24, 2.45) is 0 Å². The molecule has 2 heterocycles. The molecule has 3 rings (SSSR count). The lowest BCUT2D eigenvalue weighted by atomic mass is 9.86. The molecule has 1 aromatic carbocycles. The van der Waals surface area contributed by atoms with Crippen LogP contribution in [0.2, 0.25) is 0 Å². The van der Waals surface area contributed by atoms with E-state index in [1.807, 2.05) is 36.4 Å². The van der Waals surface area contributed by atoms with Crippen LogP contribution in [0, 0.1) is 0 Å². The highest BCUT2D eigenvalue weighted by Crippen LogP contribution is 2.30. The van der Waals surface area contributed by atoms with Crippen molar-refractivity contribution in [1.82, 2.24) is 9.38 Å². The molecule has 112 valence electrons. The maximum atomic E-state index is 12.2. The molecule has 0 atom stereocenters. The van der Waals surface area contributed by atoms with Gasteiger partial charge in [0.25, 0.3) is 5.56 Å². The molecule has 1 N–H and O–H groups in total. The third-order valence-electron chi connectivity index (χ3n) is 3.57. The fourth-order valence-corrected chi connectivity index (χ4v) is 2.50. The lowest BCUT2D eigenvalue weighted by molar-refractivity contribution is 0.592. The SMILES string of the molecule is CC(C)(C)c1ccccc1Nc1cc(=O)n2ccccc2n1. The van der Waals surface area contributed by atoms with E-state index in [-0.39, 0.29) is 11.0 Å². The summed E-state index contributed by atoms with van der Waals surface area (Å²) in [6.45, 7) is 6.49. The van der Waals surface area contributed by atoms with E-state index in [1.165, 1.54) is 16.0 Å². The summed E-state index contributed by atoms with van der Waals surface area (Å²) in [5.74, 6) is 0.563. The number of fused-ring (bicyclic) bond motifs is 1. The molecule has 0 aliphatic heterocycles. The minimum absolute atomic E-state index is 0.00941. The summed E-state index contributed by atoms with van der Waals surface area (Å²) in [6.07, 6.45) is 1.72. The zero-order valence-electron chi connectivity index (χ0n) is 13.0. The first-order valence-corrected chi connectivity index (χ1v) is 7.30. The van der Waals surface area contributed by atoms with Crippen LogP contribution in [0.25, 0.3) is 5.65 Å². The van der Waals surface area contributed by atoms with E-state index in [2.05, 4.69) is 37.1 Å². The van der Waals surface area contributed by atoms with Gasteiger partial charge in [-0.15, -0.1) is 0 Å². The predicted octanol–water partition coefficient (Wildman–Crippen LogP) is 3.74. The van der Waals surface area contributed by atoms with Crippen LogP contribution in [0.5, 0.6) is 0 Å². The van der Waals surface area contributed by atoms with Crippen LogP contribution in [0.3, 0.4) is 0 Å². The lowest BCUT2D eigenvalue weighted by Crippen LogP contribution is -2.16. The predicted molar refractivity (Wildman–Crippen MR) is 89.9 cm³/mol. The van der Waals surface area contributed by atoms with Crippen molar-refractivity contribution in [1.29, 1.82) is 0 Å². The van der Waals surface area contributed by atoms with Crippen LogP contribution in [0.1, 0.15) is 26.3 Å². The van der Waals surface area contributed by atoms with Crippen molar-refractivity contribution >= 4 is 17.2 Å². The van der Waals surface area contributed by atoms with Crippen LogP contribution in [0.4, 0.5) is 11.5 Å². The normalized spacial score (nSPS) is 11.6. The number of nitrogens with zero attached hydrogens (tertiary/aromatic N) is 2. The fourth-order valence-electron chi connectivity index (χ4n) is 2.50. The molecule has 3 aromatic rings. The van der Waals surface area contributed by atoms with E-state index in [0.717, 1.165) is 5.69 Å². The molecule has 0 aliphatic rings. The molecule has 0 saturated heterocycles. The third kappa shape index (κ3) is 2.72. The maximum Gasteiger partial charge on any atom is 0.259 e. The standard InChI is InChI=1S/C18H19N3O/c1-18(2,3)13-8-4-5-9-14(13)19-15-12-17(22)21-11-7-6-10-16(21)20-15/h4-12,19H,1-3H3. The van der Waals surface area contributed by atoms with Gasteiger partial charge < -0.3 is 5.32 Å². The summed E-state index contributed by atoms with van der Waals surface area (Å²) in [6, 6.07) is 15.1. The van der Waals surface area contributed by atoms with Crippen molar-refractivity contribution in [3.8, 4) is 0 Å². The van der Waals surface area contributed by atoms with E-state index in [4.69, 9.17) is 0 Å². The first kappa shape index (κ1) is 14.3. The van der Waals surface area contributed by atoms with E-state index in [9.17, 15) is 4.79 Å². The minimum Gasteiger partial charge on any atom is -0.340 e. The number of hydrogen-bond acceptors (Lipinski definition) is 3. The van der Waals surface area contributed by atoms with Gasteiger partial charge in [0.05, 0.1) is 0 Å². The Morgan fingerprint density at radius 3 is 2.55 bits per heavy atom. The van der Waals surface area contributed by atoms with Gasteiger partial charge in [-0.2, -0.15) is 0 Å². The molecule has 0 aliphatic carbocycles. The van der Waals surface area contributed by atoms with E-state index >= 15 is 0 Å². The molecule has 0 saturated carbocycles. The number of aromatic nitrogens is 2. The molecule has 0 radical (unpaired) electrons. The topological polar surface area (TPSA) is 46.4 Å². The summed E-state index contributed by atoms with van der Waals surface area (Å²) in [4.78, 5) is 16.7. The number of rotatable bonds is 2. The molecular formula is C18H19N3O. The first-order chi connectivity index (χ1) is 10.4. The van der Waals surface area contributed by atoms with Crippen molar-refractivity contribution in [3.63, 3.8) is 0 Å². The Kier molecular flexibility index (Phi) is 3.45. The van der Waals surface area contributed by atoms with Gasteiger partial charge in [0.15, 0.2) is 0 Å². The molecule has 4 nitrogen and oxygen atoms in total. The summed E-state index contributed by atoms with van der Waals surface area (Å²) in [7, 11) is 0. The summed E-state index contributed by atoms with van der Waals surface area (Å²) < 4.78 is 1.53.